The van der Waals surface area contributed by atoms with Crippen LogP contribution in [0.25, 0.3) is 0 Å². The van der Waals surface area contributed by atoms with Crippen molar-refractivity contribution in [2.75, 3.05) is 6.61 Å². The Morgan fingerprint density at radius 3 is 2.70 bits per heavy atom. The molecule has 0 spiro atoms. The number of hydrogen-bond acceptors (Lipinski definition) is 4. The largest absolute Gasteiger partial charge is 0.511 e. The van der Waals surface area contributed by atoms with Crippen molar-refractivity contribution in [2.45, 2.75) is 13.3 Å². The summed E-state index contributed by atoms with van der Waals surface area (Å²) in [7, 11) is 0. The molecule has 0 amide bonds. The molecule has 0 aliphatic rings. The van der Waals surface area contributed by atoms with E-state index in [-0.39, 0.29) is 6.61 Å². The summed E-state index contributed by atoms with van der Waals surface area (Å²) in [5.74, 6) is -1.67. The van der Waals surface area contributed by atoms with Crippen LogP contribution in [0.3, 0.4) is 0 Å². The number of hydrogen-bond donors (Lipinski definition) is 2. The van der Waals surface area contributed by atoms with Crippen molar-refractivity contribution in [3.05, 3.63) is 12.0 Å². The molecule has 10 heavy (non-hydrogen) atoms. The minimum absolute atomic E-state index is 0.247. The number of carbonyl (C=O) groups is 1. The fraction of sp³-hybridized carbons (Fsp3) is 0.500. The second-order valence-corrected chi connectivity index (χ2v) is 1.65. The third kappa shape index (κ3) is 2.96. The summed E-state index contributed by atoms with van der Waals surface area (Å²) in [5.41, 5.74) is 0. The summed E-state index contributed by atoms with van der Waals surface area (Å²) < 4.78 is 4.43. The Labute approximate surface area is 58.7 Å². The number of aliphatic hydroxyl groups excluding tert-OH is 2. The lowest BCUT2D eigenvalue weighted by molar-refractivity contribution is -0.142. The molecular weight excluding hydrogens is 136 g/mol. The topological polar surface area (TPSA) is 66.8 Å². The van der Waals surface area contributed by atoms with Crippen LogP contribution in [0.4, 0.5) is 0 Å². The van der Waals surface area contributed by atoms with Gasteiger partial charge in [-0.3, -0.25) is 0 Å². The maximum atomic E-state index is 10.4. The SMILES string of the molecule is CCCOC(=O)C(O)=CO. The summed E-state index contributed by atoms with van der Waals surface area (Å²) in [4.78, 5) is 10.4. The predicted molar refractivity (Wildman–Crippen MR) is 34.6 cm³/mol. The average Bonchev–Trinajstić information content (AvgIpc) is 1.98. The van der Waals surface area contributed by atoms with Gasteiger partial charge in [-0.2, -0.15) is 0 Å². The first kappa shape index (κ1) is 8.81. The van der Waals surface area contributed by atoms with E-state index in [0.29, 0.717) is 12.7 Å². The maximum absolute atomic E-state index is 10.4. The predicted octanol–water partition coefficient (Wildman–Crippen LogP) is 0.897. The maximum Gasteiger partial charge on any atom is 0.376 e. The van der Waals surface area contributed by atoms with Gasteiger partial charge in [0, 0.05) is 0 Å². The Balaban J connectivity index is 3.63. The van der Waals surface area contributed by atoms with Crippen LogP contribution in [0, 0.1) is 0 Å². The minimum Gasteiger partial charge on any atom is -0.511 e. The van der Waals surface area contributed by atoms with Gasteiger partial charge in [0.1, 0.15) is 6.26 Å². The Bertz CT molecular complexity index is 139. The second kappa shape index (κ2) is 4.67. The van der Waals surface area contributed by atoms with E-state index in [0.717, 1.165) is 0 Å². The number of rotatable bonds is 3. The molecule has 4 heteroatoms. The third-order valence-corrected chi connectivity index (χ3v) is 0.769. The fourth-order valence-corrected chi connectivity index (χ4v) is 0.321. The van der Waals surface area contributed by atoms with Gasteiger partial charge < -0.3 is 14.9 Å². The lowest BCUT2D eigenvalue weighted by Crippen LogP contribution is -2.07. The number of aliphatic hydroxyl groups is 2. The van der Waals surface area contributed by atoms with Gasteiger partial charge in [0.25, 0.3) is 0 Å². The van der Waals surface area contributed by atoms with Crippen molar-refractivity contribution in [1.29, 1.82) is 0 Å². The van der Waals surface area contributed by atoms with Gasteiger partial charge in [-0.1, -0.05) is 6.92 Å². The van der Waals surface area contributed by atoms with Crippen molar-refractivity contribution in [3.8, 4) is 0 Å². The summed E-state index contributed by atoms with van der Waals surface area (Å²) in [6, 6.07) is 0. The first-order valence-corrected chi connectivity index (χ1v) is 2.92. The molecule has 0 saturated carbocycles. The molecule has 0 radical (unpaired) electrons. The van der Waals surface area contributed by atoms with Crippen LogP contribution in [-0.2, 0) is 9.53 Å². The molecular formula is C6H10O4. The summed E-state index contributed by atoms with van der Waals surface area (Å²) in [6.45, 7) is 2.07. The second-order valence-electron chi connectivity index (χ2n) is 1.65. The first-order valence-electron chi connectivity index (χ1n) is 2.92. The number of esters is 1. The van der Waals surface area contributed by atoms with Gasteiger partial charge in [0.05, 0.1) is 6.61 Å². The van der Waals surface area contributed by atoms with Crippen molar-refractivity contribution in [3.63, 3.8) is 0 Å². The molecule has 0 unspecified atom stereocenters. The molecule has 0 aliphatic heterocycles. The highest BCUT2D eigenvalue weighted by atomic mass is 16.5. The summed E-state index contributed by atoms with van der Waals surface area (Å²) in [5, 5.41) is 16.6. The monoisotopic (exact) mass is 146 g/mol. The van der Waals surface area contributed by atoms with Crippen molar-refractivity contribution >= 4 is 5.97 Å². The molecule has 0 atom stereocenters. The van der Waals surface area contributed by atoms with Gasteiger partial charge in [0.15, 0.2) is 0 Å². The molecule has 0 rings (SSSR count). The normalized spacial score (nSPS) is 11.1. The van der Waals surface area contributed by atoms with Crippen LogP contribution in [-0.4, -0.2) is 22.8 Å². The van der Waals surface area contributed by atoms with Crippen molar-refractivity contribution in [2.24, 2.45) is 0 Å². The van der Waals surface area contributed by atoms with Crippen molar-refractivity contribution < 1.29 is 19.7 Å². The van der Waals surface area contributed by atoms with Gasteiger partial charge in [-0.25, -0.2) is 4.79 Å². The van der Waals surface area contributed by atoms with Crippen LogP contribution in [0.5, 0.6) is 0 Å². The lowest BCUT2D eigenvalue weighted by Gasteiger charge is -1.98. The zero-order valence-electron chi connectivity index (χ0n) is 5.70. The van der Waals surface area contributed by atoms with E-state index in [4.69, 9.17) is 10.2 Å². The quantitative estimate of drug-likeness (QED) is 0.352. The van der Waals surface area contributed by atoms with Crippen LogP contribution in [0.1, 0.15) is 13.3 Å². The van der Waals surface area contributed by atoms with E-state index in [2.05, 4.69) is 4.74 Å². The Hall–Kier alpha value is -1.19. The average molecular weight is 146 g/mol. The van der Waals surface area contributed by atoms with Gasteiger partial charge in [-0.05, 0) is 6.42 Å². The number of ether oxygens (including phenoxy) is 1. The van der Waals surface area contributed by atoms with Crippen LogP contribution in [0.15, 0.2) is 12.0 Å². The summed E-state index contributed by atoms with van der Waals surface area (Å²) in [6.07, 6.45) is 0.989. The molecule has 0 bridgehead atoms. The number of carbonyl (C=O) groups excluding carboxylic acids is 1. The molecule has 0 aromatic heterocycles. The van der Waals surface area contributed by atoms with Crippen LogP contribution in [0.2, 0.25) is 0 Å². The van der Waals surface area contributed by atoms with E-state index in [1.807, 2.05) is 6.92 Å². The van der Waals surface area contributed by atoms with Crippen molar-refractivity contribution in [1.82, 2.24) is 0 Å². The highest BCUT2D eigenvalue weighted by Gasteiger charge is 2.06. The molecule has 0 saturated heterocycles. The van der Waals surface area contributed by atoms with Crippen LogP contribution >= 0.6 is 0 Å². The fourth-order valence-electron chi connectivity index (χ4n) is 0.321. The van der Waals surface area contributed by atoms with Gasteiger partial charge in [0.2, 0.25) is 5.76 Å². The van der Waals surface area contributed by atoms with E-state index < -0.39 is 11.7 Å². The van der Waals surface area contributed by atoms with Gasteiger partial charge >= 0.3 is 5.97 Å². The molecule has 0 aromatic rings. The summed E-state index contributed by atoms with van der Waals surface area (Å²) >= 11 is 0. The zero-order chi connectivity index (χ0) is 7.98. The van der Waals surface area contributed by atoms with E-state index in [1.165, 1.54) is 0 Å². The molecule has 0 fully saturated rings. The molecule has 0 aromatic carbocycles. The first-order chi connectivity index (χ1) is 4.72. The highest BCUT2D eigenvalue weighted by Crippen LogP contribution is 1.91. The lowest BCUT2D eigenvalue weighted by atomic mass is 10.5. The smallest absolute Gasteiger partial charge is 0.376 e. The molecule has 0 heterocycles. The van der Waals surface area contributed by atoms with Gasteiger partial charge in [-0.15, -0.1) is 0 Å². The molecule has 2 N–H and O–H groups in total. The van der Waals surface area contributed by atoms with E-state index in [9.17, 15) is 4.79 Å². The highest BCUT2D eigenvalue weighted by molar-refractivity contribution is 5.85. The van der Waals surface area contributed by atoms with E-state index >= 15 is 0 Å². The molecule has 0 aliphatic carbocycles. The minimum atomic E-state index is -0.899. The standard InChI is InChI=1S/C6H10O4/c1-2-3-10-6(9)5(8)4-7/h4,7-8H,2-3H2,1H3. The zero-order valence-corrected chi connectivity index (χ0v) is 5.70. The molecule has 58 valence electrons. The van der Waals surface area contributed by atoms with Crippen LogP contribution < -0.4 is 0 Å². The Kier molecular flexibility index (Phi) is 4.11. The molecule has 4 nitrogen and oxygen atoms in total. The van der Waals surface area contributed by atoms with E-state index in [1.54, 1.807) is 0 Å². The third-order valence-electron chi connectivity index (χ3n) is 0.769. The Morgan fingerprint density at radius 2 is 2.30 bits per heavy atom. The Morgan fingerprint density at radius 1 is 1.70 bits per heavy atom.